The fourth-order valence-electron chi connectivity index (χ4n) is 1.47. The number of fused-ring (bicyclic) bond motifs is 1. The normalized spacial score (nSPS) is 19.9. The molecule has 14 heavy (non-hydrogen) atoms. The van der Waals surface area contributed by atoms with E-state index in [1.807, 2.05) is 30.5 Å². The predicted octanol–water partition coefficient (Wildman–Crippen LogP) is 1.95. The van der Waals surface area contributed by atoms with Gasteiger partial charge in [0.1, 0.15) is 18.5 Å². The lowest BCUT2D eigenvalue weighted by Crippen LogP contribution is -2.03. The third kappa shape index (κ3) is 1.46. The van der Waals surface area contributed by atoms with E-state index in [9.17, 15) is 0 Å². The molecular weight excluding hydrogens is 178 g/mol. The van der Waals surface area contributed by atoms with Crippen molar-refractivity contribution in [3.63, 3.8) is 0 Å². The van der Waals surface area contributed by atoms with Crippen LogP contribution in [-0.2, 0) is 4.74 Å². The Morgan fingerprint density at radius 3 is 3.21 bits per heavy atom. The quantitative estimate of drug-likeness (QED) is 0.749. The molecule has 3 nitrogen and oxygen atoms in total. The summed E-state index contributed by atoms with van der Waals surface area (Å²) >= 11 is 0. The first-order valence-electron chi connectivity index (χ1n) is 4.73. The van der Waals surface area contributed by atoms with E-state index in [0.29, 0.717) is 12.7 Å². The highest BCUT2D eigenvalue weighted by Gasteiger charge is 2.22. The van der Waals surface area contributed by atoms with Crippen molar-refractivity contribution in [3.8, 4) is 5.75 Å². The van der Waals surface area contributed by atoms with Crippen LogP contribution in [0.4, 0.5) is 0 Å². The van der Waals surface area contributed by atoms with Gasteiger partial charge in [0.25, 0.3) is 0 Å². The highest BCUT2D eigenvalue weighted by atomic mass is 16.6. The molecule has 0 radical (unpaired) electrons. The Bertz CT molecular complexity index is 445. The van der Waals surface area contributed by atoms with E-state index in [0.717, 1.165) is 17.9 Å². The number of hydrogen-bond acceptors (Lipinski definition) is 2. The average molecular weight is 189 g/mol. The number of ether oxygens (including phenoxy) is 2. The number of epoxide rings is 1. The number of H-pyrrole nitrogens is 1. The molecule has 0 amide bonds. The molecule has 1 fully saturated rings. The fraction of sp³-hybridized carbons (Fsp3) is 0.273. The third-order valence-corrected chi connectivity index (χ3v) is 2.36. The summed E-state index contributed by atoms with van der Waals surface area (Å²) in [4.78, 5) is 3.14. The zero-order valence-electron chi connectivity index (χ0n) is 7.69. The Balaban J connectivity index is 1.81. The summed E-state index contributed by atoms with van der Waals surface area (Å²) in [6.45, 7) is 1.50. The standard InChI is InChI=1S/C11H11NO2/c1-2-11-8(3-4-12-11)5-9(1)13-6-10-7-14-10/h1-5,10,12H,6-7H2/t10-/m1/s1. The Kier molecular flexibility index (Phi) is 1.70. The van der Waals surface area contributed by atoms with Gasteiger partial charge in [-0.2, -0.15) is 0 Å². The van der Waals surface area contributed by atoms with Crippen LogP contribution >= 0.6 is 0 Å². The SMILES string of the molecule is c1cc2cc(OC[C@@H]3CO3)ccc2[nH]1. The zero-order valence-corrected chi connectivity index (χ0v) is 7.69. The van der Waals surface area contributed by atoms with Gasteiger partial charge in [-0.15, -0.1) is 0 Å². The molecule has 3 rings (SSSR count). The van der Waals surface area contributed by atoms with Gasteiger partial charge in [0.15, 0.2) is 0 Å². The van der Waals surface area contributed by atoms with Gasteiger partial charge in [0.05, 0.1) is 6.61 Å². The third-order valence-electron chi connectivity index (χ3n) is 2.36. The zero-order chi connectivity index (χ0) is 9.38. The van der Waals surface area contributed by atoms with Crippen LogP contribution < -0.4 is 4.74 Å². The molecule has 1 aliphatic heterocycles. The number of benzene rings is 1. The summed E-state index contributed by atoms with van der Waals surface area (Å²) in [7, 11) is 0. The molecule has 2 heterocycles. The predicted molar refractivity (Wildman–Crippen MR) is 53.5 cm³/mol. The molecule has 0 aliphatic carbocycles. The van der Waals surface area contributed by atoms with Gasteiger partial charge in [0, 0.05) is 17.1 Å². The Hall–Kier alpha value is -1.48. The first-order chi connectivity index (χ1) is 6.92. The minimum absolute atomic E-state index is 0.317. The summed E-state index contributed by atoms with van der Waals surface area (Å²) in [6, 6.07) is 8.07. The molecule has 1 aromatic carbocycles. The molecule has 0 saturated carbocycles. The maximum absolute atomic E-state index is 5.57. The van der Waals surface area contributed by atoms with Crippen LogP contribution in [0.25, 0.3) is 10.9 Å². The average Bonchev–Trinajstić information content (AvgIpc) is 2.92. The molecule has 0 unspecified atom stereocenters. The van der Waals surface area contributed by atoms with Crippen LogP contribution in [0.3, 0.4) is 0 Å². The number of nitrogens with one attached hydrogen (secondary N) is 1. The van der Waals surface area contributed by atoms with Gasteiger partial charge < -0.3 is 14.5 Å². The Morgan fingerprint density at radius 1 is 1.43 bits per heavy atom. The van der Waals surface area contributed by atoms with Crippen LogP contribution in [-0.4, -0.2) is 24.3 Å². The second-order valence-electron chi connectivity index (χ2n) is 3.49. The molecule has 1 atom stereocenters. The van der Waals surface area contributed by atoms with Gasteiger partial charge in [-0.25, -0.2) is 0 Å². The van der Waals surface area contributed by atoms with Crippen molar-refractivity contribution in [2.75, 3.05) is 13.2 Å². The summed E-state index contributed by atoms with van der Waals surface area (Å²) in [5, 5.41) is 1.18. The van der Waals surface area contributed by atoms with Crippen LogP contribution in [0.1, 0.15) is 0 Å². The number of rotatable bonds is 3. The highest BCUT2D eigenvalue weighted by Crippen LogP contribution is 2.20. The molecule has 1 aromatic heterocycles. The van der Waals surface area contributed by atoms with Gasteiger partial charge in [-0.3, -0.25) is 0 Å². The molecule has 72 valence electrons. The Morgan fingerprint density at radius 2 is 2.36 bits per heavy atom. The van der Waals surface area contributed by atoms with E-state index in [1.165, 1.54) is 5.39 Å². The van der Waals surface area contributed by atoms with E-state index in [2.05, 4.69) is 4.98 Å². The maximum Gasteiger partial charge on any atom is 0.120 e. The van der Waals surface area contributed by atoms with Crippen molar-refractivity contribution in [2.45, 2.75) is 6.10 Å². The minimum Gasteiger partial charge on any atom is -0.491 e. The molecule has 1 aliphatic rings. The van der Waals surface area contributed by atoms with Crippen molar-refractivity contribution in [1.82, 2.24) is 4.98 Å². The summed E-state index contributed by atoms with van der Waals surface area (Å²) in [5.41, 5.74) is 1.14. The van der Waals surface area contributed by atoms with E-state index in [1.54, 1.807) is 0 Å². The van der Waals surface area contributed by atoms with Gasteiger partial charge in [-0.05, 0) is 24.3 Å². The molecule has 0 spiro atoms. The van der Waals surface area contributed by atoms with Gasteiger partial charge in [0.2, 0.25) is 0 Å². The largest absolute Gasteiger partial charge is 0.491 e. The number of hydrogen-bond donors (Lipinski definition) is 1. The summed E-state index contributed by atoms with van der Waals surface area (Å²) in [6.07, 6.45) is 2.25. The van der Waals surface area contributed by atoms with Gasteiger partial charge in [-0.1, -0.05) is 0 Å². The van der Waals surface area contributed by atoms with Crippen molar-refractivity contribution in [3.05, 3.63) is 30.5 Å². The van der Waals surface area contributed by atoms with Crippen molar-refractivity contribution in [1.29, 1.82) is 0 Å². The number of aromatic amines is 1. The van der Waals surface area contributed by atoms with Crippen molar-refractivity contribution in [2.24, 2.45) is 0 Å². The second kappa shape index (κ2) is 3.03. The Labute approximate surface area is 81.6 Å². The number of aromatic nitrogens is 1. The fourth-order valence-corrected chi connectivity index (χ4v) is 1.47. The van der Waals surface area contributed by atoms with Crippen LogP contribution in [0.15, 0.2) is 30.5 Å². The van der Waals surface area contributed by atoms with E-state index >= 15 is 0 Å². The lowest BCUT2D eigenvalue weighted by molar-refractivity contribution is 0.263. The summed E-state index contributed by atoms with van der Waals surface area (Å²) in [5.74, 6) is 0.910. The molecule has 0 bridgehead atoms. The second-order valence-corrected chi connectivity index (χ2v) is 3.49. The highest BCUT2D eigenvalue weighted by molar-refractivity contribution is 5.80. The van der Waals surface area contributed by atoms with Crippen LogP contribution in [0.2, 0.25) is 0 Å². The minimum atomic E-state index is 0.317. The monoisotopic (exact) mass is 189 g/mol. The summed E-state index contributed by atoms with van der Waals surface area (Å²) < 4.78 is 10.6. The first-order valence-corrected chi connectivity index (χ1v) is 4.73. The van der Waals surface area contributed by atoms with E-state index < -0.39 is 0 Å². The molecular formula is C11H11NO2. The van der Waals surface area contributed by atoms with Crippen LogP contribution in [0, 0.1) is 0 Å². The van der Waals surface area contributed by atoms with Crippen molar-refractivity contribution < 1.29 is 9.47 Å². The molecule has 3 heteroatoms. The smallest absolute Gasteiger partial charge is 0.120 e. The lowest BCUT2D eigenvalue weighted by atomic mass is 10.2. The molecule has 2 aromatic rings. The van der Waals surface area contributed by atoms with E-state index in [4.69, 9.17) is 9.47 Å². The van der Waals surface area contributed by atoms with E-state index in [-0.39, 0.29) is 0 Å². The molecule has 1 N–H and O–H groups in total. The maximum atomic E-state index is 5.57. The van der Waals surface area contributed by atoms with Crippen molar-refractivity contribution >= 4 is 10.9 Å². The first kappa shape index (κ1) is 7.88. The van der Waals surface area contributed by atoms with Gasteiger partial charge >= 0.3 is 0 Å². The topological polar surface area (TPSA) is 37.5 Å². The van der Waals surface area contributed by atoms with Crippen LogP contribution in [0.5, 0.6) is 5.75 Å². The molecule has 1 saturated heterocycles. The lowest BCUT2D eigenvalue weighted by Gasteiger charge is -2.03.